The minimum atomic E-state index is -0.121. The van der Waals surface area contributed by atoms with Crippen molar-refractivity contribution in [2.45, 2.75) is 5.16 Å². The van der Waals surface area contributed by atoms with E-state index < -0.39 is 0 Å². The van der Waals surface area contributed by atoms with Gasteiger partial charge in [0, 0.05) is 28.1 Å². The van der Waals surface area contributed by atoms with Crippen LogP contribution in [0.1, 0.15) is 0 Å². The summed E-state index contributed by atoms with van der Waals surface area (Å²) in [6, 6.07) is 14.9. The van der Waals surface area contributed by atoms with Gasteiger partial charge in [-0.1, -0.05) is 27.7 Å². The fourth-order valence-corrected chi connectivity index (χ4v) is 3.35. The third-order valence-corrected chi connectivity index (χ3v) is 5.12. The number of aromatic nitrogens is 5. The molecular formula is C18H13BrN6OS. The van der Waals surface area contributed by atoms with Crippen molar-refractivity contribution in [1.82, 2.24) is 24.8 Å². The average Bonchev–Trinajstić information content (AvgIpc) is 3.11. The molecule has 27 heavy (non-hydrogen) atoms. The van der Waals surface area contributed by atoms with E-state index in [2.05, 4.69) is 41.5 Å². The molecule has 134 valence electrons. The smallest absolute Gasteiger partial charge is 0.234 e. The Kier molecular flexibility index (Phi) is 5.12. The first-order valence-corrected chi connectivity index (χ1v) is 9.78. The van der Waals surface area contributed by atoms with Crippen LogP contribution < -0.4 is 5.32 Å². The van der Waals surface area contributed by atoms with Crippen molar-refractivity contribution in [2.24, 2.45) is 0 Å². The van der Waals surface area contributed by atoms with Crippen LogP contribution in [0, 0.1) is 0 Å². The number of rotatable bonds is 5. The summed E-state index contributed by atoms with van der Waals surface area (Å²) in [5, 5.41) is 16.2. The molecule has 0 aliphatic heterocycles. The molecule has 0 aliphatic carbocycles. The number of carbonyl (C=O) groups excluding carboxylic acids is 1. The van der Waals surface area contributed by atoms with Gasteiger partial charge in [-0.15, -0.1) is 10.2 Å². The monoisotopic (exact) mass is 440 g/mol. The molecule has 4 aromatic rings. The number of fused-ring (bicyclic) bond motifs is 1. The Bertz CT molecular complexity index is 1080. The van der Waals surface area contributed by atoms with Gasteiger partial charge in [-0.25, -0.2) is 0 Å². The zero-order chi connectivity index (χ0) is 18.6. The lowest BCUT2D eigenvalue weighted by molar-refractivity contribution is -0.113. The van der Waals surface area contributed by atoms with Crippen LogP contribution in [-0.2, 0) is 4.79 Å². The topological polar surface area (TPSA) is 85.1 Å². The third-order valence-electron chi connectivity index (χ3n) is 3.67. The van der Waals surface area contributed by atoms with Gasteiger partial charge in [0.1, 0.15) is 0 Å². The van der Waals surface area contributed by atoms with E-state index in [1.807, 2.05) is 48.5 Å². The summed E-state index contributed by atoms with van der Waals surface area (Å²) in [6.07, 6.45) is 3.44. The average molecular weight is 441 g/mol. The van der Waals surface area contributed by atoms with Gasteiger partial charge in [-0.3, -0.25) is 9.78 Å². The zero-order valence-corrected chi connectivity index (χ0v) is 16.3. The molecule has 7 nitrogen and oxygen atoms in total. The zero-order valence-electron chi connectivity index (χ0n) is 13.9. The molecule has 0 fully saturated rings. The summed E-state index contributed by atoms with van der Waals surface area (Å²) in [4.78, 5) is 16.2. The van der Waals surface area contributed by atoms with Crippen molar-refractivity contribution in [3.05, 3.63) is 65.4 Å². The second kappa shape index (κ2) is 7.85. The number of amides is 1. The summed E-state index contributed by atoms with van der Waals surface area (Å²) in [5.74, 6) is 0.0854. The molecule has 1 aromatic carbocycles. The lowest BCUT2D eigenvalue weighted by atomic mass is 10.2. The number of hydrogen-bond donors (Lipinski definition) is 1. The Morgan fingerprint density at radius 3 is 2.59 bits per heavy atom. The summed E-state index contributed by atoms with van der Waals surface area (Å²) in [6.45, 7) is 0. The highest BCUT2D eigenvalue weighted by molar-refractivity contribution is 9.10. The Labute approximate surface area is 167 Å². The van der Waals surface area contributed by atoms with Crippen molar-refractivity contribution >= 4 is 44.9 Å². The van der Waals surface area contributed by atoms with Gasteiger partial charge >= 0.3 is 0 Å². The fourth-order valence-electron chi connectivity index (χ4n) is 2.40. The number of pyridine rings is 1. The minimum Gasteiger partial charge on any atom is -0.325 e. The molecule has 1 amide bonds. The molecule has 3 aromatic heterocycles. The van der Waals surface area contributed by atoms with E-state index in [0.29, 0.717) is 10.8 Å². The summed E-state index contributed by atoms with van der Waals surface area (Å²) in [5.41, 5.74) is 3.10. The fraction of sp³-hybridized carbons (Fsp3) is 0.0556. The first-order valence-electron chi connectivity index (χ1n) is 8.00. The number of thioether (sulfide) groups is 1. The maximum Gasteiger partial charge on any atom is 0.234 e. The Hall–Kier alpha value is -2.78. The van der Waals surface area contributed by atoms with Crippen LogP contribution >= 0.6 is 27.7 Å². The SMILES string of the molecule is O=C(CSc1nnc2ccc(-c3ccncc3)nn12)Nc1ccc(Br)cc1. The van der Waals surface area contributed by atoms with Crippen LogP contribution in [0.4, 0.5) is 5.69 Å². The Morgan fingerprint density at radius 1 is 1.04 bits per heavy atom. The highest BCUT2D eigenvalue weighted by Gasteiger charge is 2.12. The van der Waals surface area contributed by atoms with Crippen molar-refractivity contribution in [2.75, 3.05) is 11.1 Å². The lowest BCUT2D eigenvalue weighted by Gasteiger charge is -2.05. The predicted octanol–water partition coefficient (Wildman–Crippen LogP) is 3.68. The second-order valence-corrected chi connectivity index (χ2v) is 7.41. The minimum absolute atomic E-state index is 0.121. The van der Waals surface area contributed by atoms with E-state index in [1.165, 1.54) is 11.8 Å². The molecule has 9 heteroatoms. The first kappa shape index (κ1) is 17.6. The van der Waals surface area contributed by atoms with Crippen molar-refractivity contribution < 1.29 is 4.79 Å². The summed E-state index contributed by atoms with van der Waals surface area (Å²) >= 11 is 4.65. The molecule has 4 rings (SSSR count). The summed E-state index contributed by atoms with van der Waals surface area (Å²) < 4.78 is 2.61. The van der Waals surface area contributed by atoms with E-state index >= 15 is 0 Å². The van der Waals surface area contributed by atoms with Gasteiger partial charge < -0.3 is 5.32 Å². The number of benzene rings is 1. The molecule has 0 radical (unpaired) electrons. The molecule has 0 spiro atoms. The van der Waals surface area contributed by atoms with Gasteiger partial charge in [0.2, 0.25) is 11.1 Å². The normalized spacial score (nSPS) is 10.9. The quantitative estimate of drug-likeness (QED) is 0.476. The van der Waals surface area contributed by atoms with E-state index in [9.17, 15) is 4.79 Å². The van der Waals surface area contributed by atoms with E-state index in [-0.39, 0.29) is 11.7 Å². The molecule has 3 heterocycles. The van der Waals surface area contributed by atoms with Crippen LogP contribution in [-0.4, -0.2) is 36.5 Å². The standard InChI is InChI=1S/C18H13BrN6OS/c19-13-1-3-14(4-2-13)21-17(26)11-27-18-23-22-16-6-5-15(24-25(16)18)12-7-9-20-10-8-12/h1-10H,11H2,(H,21,26). The number of nitrogens with one attached hydrogen (secondary N) is 1. The molecule has 0 aliphatic rings. The molecule has 0 unspecified atom stereocenters. The maximum atomic E-state index is 12.2. The molecule has 0 atom stereocenters. The maximum absolute atomic E-state index is 12.2. The molecule has 0 saturated carbocycles. The van der Waals surface area contributed by atoms with Crippen LogP contribution in [0.5, 0.6) is 0 Å². The lowest BCUT2D eigenvalue weighted by Crippen LogP contribution is -2.14. The van der Waals surface area contributed by atoms with Crippen molar-refractivity contribution in [3.8, 4) is 11.3 Å². The van der Waals surface area contributed by atoms with Crippen LogP contribution in [0.25, 0.3) is 16.9 Å². The molecule has 0 saturated heterocycles. The van der Waals surface area contributed by atoms with E-state index in [0.717, 1.165) is 21.4 Å². The van der Waals surface area contributed by atoms with Gasteiger partial charge in [0.25, 0.3) is 0 Å². The van der Waals surface area contributed by atoms with Crippen molar-refractivity contribution in [3.63, 3.8) is 0 Å². The Balaban J connectivity index is 1.48. The highest BCUT2D eigenvalue weighted by atomic mass is 79.9. The predicted molar refractivity (Wildman–Crippen MR) is 108 cm³/mol. The Morgan fingerprint density at radius 2 is 1.81 bits per heavy atom. The molecule has 0 bridgehead atoms. The van der Waals surface area contributed by atoms with Gasteiger partial charge in [0.05, 0.1) is 11.4 Å². The van der Waals surface area contributed by atoms with E-state index in [4.69, 9.17) is 0 Å². The van der Waals surface area contributed by atoms with Crippen molar-refractivity contribution in [1.29, 1.82) is 0 Å². The molecular weight excluding hydrogens is 428 g/mol. The number of hydrogen-bond acceptors (Lipinski definition) is 6. The van der Waals surface area contributed by atoms with Crippen LogP contribution in [0.2, 0.25) is 0 Å². The molecule has 1 N–H and O–H groups in total. The third kappa shape index (κ3) is 4.15. The number of carbonyl (C=O) groups is 1. The first-order chi connectivity index (χ1) is 13.2. The van der Waals surface area contributed by atoms with Gasteiger partial charge in [-0.05, 0) is 48.5 Å². The second-order valence-electron chi connectivity index (χ2n) is 5.55. The summed E-state index contributed by atoms with van der Waals surface area (Å²) in [7, 11) is 0. The van der Waals surface area contributed by atoms with Gasteiger partial charge in [-0.2, -0.15) is 9.61 Å². The number of nitrogens with zero attached hydrogens (tertiary/aromatic N) is 5. The highest BCUT2D eigenvalue weighted by Crippen LogP contribution is 2.21. The van der Waals surface area contributed by atoms with E-state index in [1.54, 1.807) is 16.9 Å². The number of anilines is 1. The van der Waals surface area contributed by atoms with Gasteiger partial charge in [0.15, 0.2) is 5.65 Å². The largest absolute Gasteiger partial charge is 0.325 e. The van der Waals surface area contributed by atoms with Crippen LogP contribution in [0.15, 0.2) is 70.6 Å². The van der Waals surface area contributed by atoms with Crippen LogP contribution in [0.3, 0.4) is 0 Å². The number of halogens is 1.